The van der Waals surface area contributed by atoms with Crippen molar-refractivity contribution in [1.29, 1.82) is 5.41 Å². The number of sulfonamides is 1. The SMILES string of the molecule is N=C(N)c1ccc(CNC(=O)[C@@H]2Cc3cccc4c3N2C(=O)[C@@H](NS(=O)(=O)Cc2ccccc2)CC4)cc1. The summed E-state index contributed by atoms with van der Waals surface area (Å²) in [5, 5.41) is 10.4. The van der Waals surface area contributed by atoms with Crippen molar-refractivity contribution in [3.8, 4) is 0 Å². The lowest BCUT2D eigenvalue weighted by Crippen LogP contribution is -2.54. The molecule has 0 radical (unpaired) electrons. The standard InChI is InChI=1S/C28H29N5O4S/c29-26(30)21-11-9-18(10-12-21)16-31-27(34)24-15-22-8-4-7-20-13-14-23(28(35)33(24)25(20)22)32-38(36,37)17-19-5-2-1-3-6-19/h1-12,23-24,32H,13-17H2,(H3,29,30)(H,31,34)/t23-,24-/m0/s1. The Bertz CT molecular complexity index is 1490. The predicted octanol–water partition coefficient (Wildman–Crippen LogP) is 1.98. The first-order valence-electron chi connectivity index (χ1n) is 12.4. The lowest BCUT2D eigenvalue weighted by Gasteiger charge is -2.28. The van der Waals surface area contributed by atoms with Crippen LogP contribution in [0.3, 0.4) is 0 Å². The number of hydrogen-bond donors (Lipinski definition) is 4. The molecule has 0 unspecified atom stereocenters. The van der Waals surface area contributed by atoms with E-state index >= 15 is 0 Å². The third-order valence-electron chi connectivity index (χ3n) is 6.96. The summed E-state index contributed by atoms with van der Waals surface area (Å²) < 4.78 is 28.5. The van der Waals surface area contributed by atoms with Crippen molar-refractivity contribution in [2.75, 3.05) is 4.90 Å². The van der Waals surface area contributed by atoms with Crippen LogP contribution in [0.25, 0.3) is 0 Å². The molecular formula is C28H29N5O4S. The van der Waals surface area contributed by atoms with E-state index in [2.05, 4.69) is 10.0 Å². The number of hydrogen-bond acceptors (Lipinski definition) is 5. The van der Waals surface area contributed by atoms with Crippen LogP contribution in [-0.4, -0.2) is 38.2 Å². The van der Waals surface area contributed by atoms with Gasteiger partial charge in [0.05, 0.1) is 11.4 Å². The van der Waals surface area contributed by atoms with E-state index in [0.29, 0.717) is 36.1 Å². The molecule has 5 rings (SSSR count). The highest BCUT2D eigenvalue weighted by molar-refractivity contribution is 7.88. The number of anilines is 1. The molecule has 0 spiro atoms. The molecule has 9 nitrogen and oxygen atoms in total. The summed E-state index contributed by atoms with van der Waals surface area (Å²) in [5.74, 6) is -1.00. The Morgan fingerprint density at radius 2 is 1.68 bits per heavy atom. The van der Waals surface area contributed by atoms with Crippen LogP contribution in [0, 0.1) is 5.41 Å². The molecule has 10 heteroatoms. The first-order valence-corrected chi connectivity index (χ1v) is 14.1. The van der Waals surface area contributed by atoms with E-state index in [1.54, 1.807) is 48.5 Å². The average Bonchev–Trinajstić information content (AvgIpc) is 3.24. The Balaban J connectivity index is 1.35. The minimum atomic E-state index is -3.80. The Kier molecular flexibility index (Phi) is 7.00. The van der Waals surface area contributed by atoms with Crippen molar-refractivity contribution in [2.45, 2.75) is 43.6 Å². The van der Waals surface area contributed by atoms with E-state index in [1.807, 2.05) is 24.3 Å². The molecule has 196 valence electrons. The largest absolute Gasteiger partial charge is 0.384 e. The number of nitrogens with two attached hydrogens (primary N) is 1. The number of aryl methyl sites for hydroxylation is 1. The lowest BCUT2D eigenvalue weighted by atomic mass is 10.0. The van der Waals surface area contributed by atoms with Gasteiger partial charge in [-0.1, -0.05) is 72.8 Å². The van der Waals surface area contributed by atoms with Crippen molar-refractivity contribution < 1.29 is 18.0 Å². The minimum Gasteiger partial charge on any atom is -0.384 e. The second kappa shape index (κ2) is 10.4. The van der Waals surface area contributed by atoms with E-state index in [9.17, 15) is 18.0 Å². The van der Waals surface area contributed by atoms with Gasteiger partial charge in [0.15, 0.2) is 0 Å². The van der Waals surface area contributed by atoms with Crippen LogP contribution in [0.1, 0.15) is 34.2 Å². The second-order valence-corrected chi connectivity index (χ2v) is 11.4. The van der Waals surface area contributed by atoms with Crippen LogP contribution in [0.2, 0.25) is 0 Å². The lowest BCUT2D eigenvalue weighted by molar-refractivity contribution is -0.126. The molecule has 0 fully saturated rings. The fourth-order valence-electron chi connectivity index (χ4n) is 5.11. The summed E-state index contributed by atoms with van der Waals surface area (Å²) in [7, 11) is -3.80. The number of amides is 2. The monoisotopic (exact) mass is 531 g/mol. The number of rotatable bonds is 8. The van der Waals surface area contributed by atoms with Crippen molar-refractivity contribution in [2.24, 2.45) is 5.73 Å². The fraction of sp³-hybridized carbons (Fsp3) is 0.250. The van der Waals surface area contributed by atoms with Crippen LogP contribution in [0.4, 0.5) is 5.69 Å². The quantitative estimate of drug-likeness (QED) is 0.259. The molecule has 2 heterocycles. The molecule has 2 aliphatic heterocycles. The van der Waals surface area contributed by atoms with Gasteiger partial charge in [0.1, 0.15) is 17.9 Å². The van der Waals surface area contributed by atoms with Crippen LogP contribution >= 0.6 is 0 Å². The van der Waals surface area contributed by atoms with Gasteiger partial charge < -0.3 is 11.1 Å². The zero-order valence-electron chi connectivity index (χ0n) is 20.7. The number of carbonyl (C=O) groups excluding carboxylic acids is 2. The van der Waals surface area contributed by atoms with Gasteiger partial charge in [0, 0.05) is 18.5 Å². The van der Waals surface area contributed by atoms with E-state index in [0.717, 1.165) is 16.7 Å². The average molecular weight is 532 g/mol. The topological polar surface area (TPSA) is 145 Å². The predicted molar refractivity (Wildman–Crippen MR) is 145 cm³/mol. The van der Waals surface area contributed by atoms with Gasteiger partial charge in [-0.25, -0.2) is 13.1 Å². The maximum atomic E-state index is 13.8. The summed E-state index contributed by atoms with van der Waals surface area (Å²) in [4.78, 5) is 28.6. The van der Waals surface area contributed by atoms with Crippen LogP contribution < -0.4 is 20.7 Å². The van der Waals surface area contributed by atoms with Gasteiger partial charge in [-0.2, -0.15) is 0 Å². The van der Waals surface area contributed by atoms with Gasteiger partial charge in [-0.3, -0.25) is 19.9 Å². The maximum Gasteiger partial charge on any atom is 0.245 e. The van der Waals surface area contributed by atoms with E-state index in [4.69, 9.17) is 11.1 Å². The molecular weight excluding hydrogens is 502 g/mol. The Hall–Kier alpha value is -4.02. The second-order valence-electron chi connectivity index (χ2n) is 9.64. The van der Waals surface area contributed by atoms with E-state index < -0.39 is 28.0 Å². The normalized spacial score (nSPS) is 18.5. The van der Waals surface area contributed by atoms with Gasteiger partial charge in [-0.05, 0) is 35.1 Å². The number of carbonyl (C=O) groups is 2. The summed E-state index contributed by atoms with van der Waals surface area (Å²) >= 11 is 0. The number of nitrogens with zero attached hydrogens (tertiary/aromatic N) is 1. The number of benzene rings is 3. The van der Waals surface area contributed by atoms with E-state index in [1.165, 1.54) is 4.90 Å². The van der Waals surface area contributed by atoms with Crippen LogP contribution in [0.15, 0.2) is 72.8 Å². The highest BCUT2D eigenvalue weighted by atomic mass is 32.2. The van der Waals surface area contributed by atoms with Crippen LogP contribution in [-0.2, 0) is 44.8 Å². The smallest absolute Gasteiger partial charge is 0.245 e. The molecule has 0 bridgehead atoms. The van der Waals surface area contributed by atoms with Gasteiger partial charge in [0.25, 0.3) is 0 Å². The molecule has 2 atom stereocenters. The van der Waals surface area contributed by atoms with E-state index in [-0.39, 0.29) is 24.0 Å². The molecule has 0 saturated carbocycles. The summed E-state index contributed by atoms with van der Waals surface area (Å²) in [5.41, 5.74) is 10.1. The molecule has 2 aliphatic rings. The molecule has 0 aromatic heterocycles. The Morgan fingerprint density at radius 1 is 0.974 bits per heavy atom. The first-order chi connectivity index (χ1) is 18.2. The summed E-state index contributed by atoms with van der Waals surface area (Å²) in [6, 6.07) is 19.8. The highest BCUT2D eigenvalue weighted by Crippen LogP contribution is 2.39. The molecule has 0 saturated heterocycles. The molecule has 0 aliphatic carbocycles. The van der Waals surface area contributed by atoms with Crippen molar-refractivity contribution >= 4 is 33.4 Å². The van der Waals surface area contributed by atoms with Crippen LogP contribution in [0.5, 0.6) is 0 Å². The Morgan fingerprint density at radius 3 is 2.39 bits per heavy atom. The van der Waals surface area contributed by atoms with Gasteiger partial charge >= 0.3 is 0 Å². The van der Waals surface area contributed by atoms with Gasteiger partial charge in [-0.15, -0.1) is 0 Å². The highest BCUT2D eigenvalue weighted by Gasteiger charge is 2.44. The summed E-state index contributed by atoms with van der Waals surface area (Å²) in [6.07, 6.45) is 1.17. The minimum absolute atomic E-state index is 0.0336. The molecule has 3 aromatic carbocycles. The molecule has 5 N–H and O–H groups in total. The molecule has 3 aromatic rings. The summed E-state index contributed by atoms with van der Waals surface area (Å²) in [6.45, 7) is 0.242. The first kappa shape index (κ1) is 25.6. The fourth-order valence-corrected chi connectivity index (χ4v) is 6.48. The molecule has 38 heavy (non-hydrogen) atoms. The van der Waals surface area contributed by atoms with Gasteiger partial charge in [0.2, 0.25) is 21.8 Å². The maximum absolute atomic E-state index is 13.8. The zero-order chi connectivity index (χ0) is 26.9. The third kappa shape index (κ3) is 5.32. The van der Waals surface area contributed by atoms with Crippen molar-refractivity contribution in [3.63, 3.8) is 0 Å². The number of nitrogens with one attached hydrogen (secondary N) is 3. The third-order valence-corrected chi connectivity index (χ3v) is 8.32. The number of para-hydroxylation sites is 1. The number of amidine groups is 1. The van der Waals surface area contributed by atoms with Crippen molar-refractivity contribution in [3.05, 3.63) is 101 Å². The number of nitrogen functional groups attached to an aromatic ring is 1. The molecule has 2 amide bonds. The Labute approximate surface area is 221 Å². The zero-order valence-corrected chi connectivity index (χ0v) is 21.5. The van der Waals surface area contributed by atoms with Crippen molar-refractivity contribution in [1.82, 2.24) is 10.0 Å².